The maximum Gasteiger partial charge on any atom is 0.228 e. The predicted molar refractivity (Wildman–Crippen MR) is 105 cm³/mol. The van der Waals surface area contributed by atoms with E-state index in [-0.39, 0.29) is 11.8 Å². The first-order chi connectivity index (χ1) is 13.0. The Bertz CT molecular complexity index is 1040. The maximum absolute atomic E-state index is 11.9. The van der Waals surface area contributed by atoms with Crippen molar-refractivity contribution in [2.24, 2.45) is 11.1 Å². The van der Waals surface area contributed by atoms with E-state index in [1.165, 1.54) is 0 Å². The van der Waals surface area contributed by atoms with Gasteiger partial charge in [0.05, 0.1) is 5.69 Å². The van der Waals surface area contributed by atoms with Crippen LogP contribution in [0.3, 0.4) is 0 Å². The average Bonchev–Trinajstić information content (AvgIpc) is 3.52. The summed E-state index contributed by atoms with van der Waals surface area (Å²) in [6.07, 6.45) is 5.50. The van der Waals surface area contributed by atoms with Crippen LogP contribution in [0.15, 0.2) is 47.9 Å². The molecule has 1 fully saturated rings. The molecular weight excluding hydrogens is 340 g/mol. The molecule has 6 nitrogen and oxygen atoms in total. The van der Waals surface area contributed by atoms with Crippen molar-refractivity contribution in [3.05, 3.63) is 58.9 Å². The summed E-state index contributed by atoms with van der Waals surface area (Å²) in [6.45, 7) is 3.73. The number of carbonyl (C=O) groups is 1. The molecule has 6 heteroatoms. The Morgan fingerprint density at radius 1 is 1.15 bits per heavy atom. The largest absolute Gasteiger partial charge is 0.310 e. The quantitative estimate of drug-likeness (QED) is 0.664. The van der Waals surface area contributed by atoms with Crippen LogP contribution in [0.1, 0.15) is 37.1 Å². The van der Waals surface area contributed by atoms with Gasteiger partial charge in [0.2, 0.25) is 5.91 Å². The number of pyridine rings is 2. The number of nitrogens with zero attached hydrogens (tertiary/aromatic N) is 3. The summed E-state index contributed by atoms with van der Waals surface area (Å²) in [4.78, 5) is 31.4. The number of hydrogen-bond acceptors (Lipinski definition) is 5. The molecule has 1 aliphatic rings. The Hall–Kier alpha value is -3.15. The summed E-state index contributed by atoms with van der Waals surface area (Å²) in [5.74, 6) is 0.796. The lowest BCUT2D eigenvalue weighted by Gasteiger charge is -2.10. The Morgan fingerprint density at radius 2 is 1.96 bits per heavy atom. The lowest BCUT2D eigenvalue weighted by molar-refractivity contribution is -0.117. The molecule has 1 saturated carbocycles. The topological polar surface area (TPSA) is 84.3 Å². The molecule has 27 heavy (non-hydrogen) atoms. The van der Waals surface area contributed by atoms with Crippen molar-refractivity contribution in [3.8, 4) is 11.1 Å². The van der Waals surface area contributed by atoms with Crippen molar-refractivity contribution < 1.29 is 4.79 Å². The number of benzene rings is 1. The van der Waals surface area contributed by atoms with Crippen LogP contribution in [0.5, 0.6) is 0 Å². The minimum atomic E-state index is -0.456. The molecule has 136 valence electrons. The fourth-order valence-electron chi connectivity index (χ4n) is 3.11. The normalized spacial score (nSPS) is 14.7. The highest BCUT2D eigenvalue weighted by Crippen LogP contribution is 2.31. The van der Waals surface area contributed by atoms with Gasteiger partial charge in [0.15, 0.2) is 0 Å². The molecule has 1 atom stereocenters. The van der Waals surface area contributed by atoms with E-state index < -0.39 is 6.04 Å². The van der Waals surface area contributed by atoms with Gasteiger partial charge >= 0.3 is 0 Å². The molecule has 1 unspecified atom stereocenters. The number of aryl methyl sites for hydroxylation is 1. The number of carbonyl (C=O) groups excluding carboxylic acids is 1. The fourth-order valence-corrected chi connectivity index (χ4v) is 3.11. The number of nitroso groups, excluding NO2 is 1. The molecular formula is C21H20N4O2. The smallest absolute Gasteiger partial charge is 0.228 e. The van der Waals surface area contributed by atoms with E-state index in [4.69, 9.17) is 0 Å². The Morgan fingerprint density at radius 3 is 2.67 bits per heavy atom. The van der Waals surface area contributed by atoms with Gasteiger partial charge < -0.3 is 5.32 Å². The highest BCUT2D eigenvalue weighted by Gasteiger charge is 2.29. The summed E-state index contributed by atoms with van der Waals surface area (Å²) in [5.41, 5.74) is 3.74. The van der Waals surface area contributed by atoms with E-state index >= 15 is 0 Å². The Labute approximate surface area is 157 Å². The third kappa shape index (κ3) is 3.56. The first kappa shape index (κ1) is 17.3. The SMILES string of the molecule is Cc1cc(C(C)N=O)ncc1-c1ccc2cc(NC(=O)C3CC3)ncc2c1. The van der Waals surface area contributed by atoms with Crippen molar-refractivity contribution in [3.63, 3.8) is 0 Å². The van der Waals surface area contributed by atoms with E-state index in [1.54, 1.807) is 19.3 Å². The number of hydrogen-bond donors (Lipinski definition) is 1. The first-order valence-corrected chi connectivity index (χ1v) is 9.05. The zero-order valence-corrected chi connectivity index (χ0v) is 15.3. The van der Waals surface area contributed by atoms with Crippen LogP contribution in [0.25, 0.3) is 21.9 Å². The zero-order valence-electron chi connectivity index (χ0n) is 15.3. The van der Waals surface area contributed by atoms with Crippen LogP contribution in [-0.4, -0.2) is 15.9 Å². The van der Waals surface area contributed by atoms with Crippen LogP contribution < -0.4 is 5.32 Å². The Kier molecular flexibility index (Phi) is 4.39. The first-order valence-electron chi connectivity index (χ1n) is 9.05. The Balaban J connectivity index is 1.63. The number of rotatable bonds is 5. The highest BCUT2D eigenvalue weighted by molar-refractivity contribution is 5.96. The van der Waals surface area contributed by atoms with Gasteiger partial charge in [-0.25, -0.2) is 4.98 Å². The minimum Gasteiger partial charge on any atom is -0.310 e. The van der Waals surface area contributed by atoms with Crippen LogP contribution in [0, 0.1) is 17.7 Å². The van der Waals surface area contributed by atoms with Gasteiger partial charge in [-0.05, 0) is 61.4 Å². The molecule has 2 aromatic heterocycles. The predicted octanol–water partition coefficient (Wildman–Crippen LogP) is 4.78. The molecule has 0 radical (unpaired) electrons. The molecule has 1 aliphatic carbocycles. The molecule has 1 N–H and O–H groups in total. The maximum atomic E-state index is 11.9. The number of aromatic nitrogens is 2. The van der Waals surface area contributed by atoms with Crippen molar-refractivity contribution in [1.82, 2.24) is 9.97 Å². The molecule has 0 aliphatic heterocycles. The molecule has 4 rings (SSSR count). The molecule has 0 bridgehead atoms. The van der Waals surface area contributed by atoms with Crippen molar-refractivity contribution in [1.29, 1.82) is 0 Å². The van der Waals surface area contributed by atoms with Gasteiger partial charge in [0.25, 0.3) is 0 Å². The van der Waals surface area contributed by atoms with Crippen LogP contribution in [-0.2, 0) is 4.79 Å². The third-order valence-corrected chi connectivity index (χ3v) is 4.95. The fraction of sp³-hybridized carbons (Fsp3) is 0.286. The van der Waals surface area contributed by atoms with Gasteiger partial charge in [0.1, 0.15) is 11.9 Å². The number of anilines is 1. The van der Waals surface area contributed by atoms with Crippen molar-refractivity contribution in [2.45, 2.75) is 32.7 Å². The lowest BCUT2D eigenvalue weighted by Crippen LogP contribution is -2.14. The summed E-state index contributed by atoms with van der Waals surface area (Å²) in [7, 11) is 0. The van der Waals surface area contributed by atoms with E-state index in [2.05, 4.69) is 26.5 Å². The van der Waals surface area contributed by atoms with Gasteiger partial charge in [0, 0.05) is 29.3 Å². The van der Waals surface area contributed by atoms with E-state index in [1.807, 2.05) is 31.2 Å². The number of fused-ring (bicyclic) bond motifs is 1. The molecule has 3 aromatic rings. The molecule has 0 spiro atoms. The number of amides is 1. The van der Waals surface area contributed by atoms with E-state index in [0.717, 1.165) is 40.3 Å². The van der Waals surface area contributed by atoms with Gasteiger partial charge in [-0.3, -0.25) is 9.78 Å². The zero-order chi connectivity index (χ0) is 19.0. The summed E-state index contributed by atoms with van der Waals surface area (Å²) >= 11 is 0. The second kappa shape index (κ2) is 6.87. The van der Waals surface area contributed by atoms with Gasteiger partial charge in [-0.2, -0.15) is 4.91 Å². The average molecular weight is 360 g/mol. The second-order valence-corrected chi connectivity index (χ2v) is 7.10. The summed E-state index contributed by atoms with van der Waals surface area (Å²) in [6, 6.07) is 9.44. The second-order valence-electron chi connectivity index (χ2n) is 7.10. The summed E-state index contributed by atoms with van der Waals surface area (Å²) < 4.78 is 0. The van der Waals surface area contributed by atoms with Crippen molar-refractivity contribution >= 4 is 22.5 Å². The van der Waals surface area contributed by atoms with Crippen LogP contribution in [0.4, 0.5) is 5.82 Å². The highest BCUT2D eigenvalue weighted by atomic mass is 16.3. The standard InChI is InChI=1S/C21H20N4O2/c1-12-7-19(13(2)25-27)22-11-18(12)16-6-5-15-9-20(23-10-17(15)8-16)24-21(26)14-3-4-14/h5-11,13-14H,3-4H2,1-2H3,(H,23,24,26). The molecule has 1 amide bonds. The minimum absolute atomic E-state index is 0.0549. The van der Waals surface area contributed by atoms with Crippen LogP contribution >= 0.6 is 0 Å². The van der Waals surface area contributed by atoms with E-state index in [0.29, 0.717) is 11.5 Å². The molecule has 1 aromatic carbocycles. The number of nitrogens with one attached hydrogen (secondary N) is 1. The van der Waals surface area contributed by atoms with Gasteiger partial charge in [-0.15, -0.1) is 0 Å². The molecule has 0 saturated heterocycles. The monoisotopic (exact) mass is 360 g/mol. The van der Waals surface area contributed by atoms with Crippen LogP contribution in [0.2, 0.25) is 0 Å². The third-order valence-electron chi connectivity index (χ3n) is 4.95. The summed E-state index contributed by atoms with van der Waals surface area (Å²) in [5, 5.41) is 7.92. The lowest BCUT2D eigenvalue weighted by atomic mass is 9.99. The van der Waals surface area contributed by atoms with E-state index in [9.17, 15) is 9.70 Å². The molecule has 2 heterocycles. The van der Waals surface area contributed by atoms with Gasteiger partial charge in [-0.1, -0.05) is 17.3 Å². The van der Waals surface area contributed by atoms with Crippen molar-refractivity contribution in [2.75, 3.05) is 5.32 Å².